The molecule has 4 nitrogen and oxygen atoms in total. The average Bonchev–Trinajstić information content (AvgIpc) is 2.90. The smallest absolute Gasteiger partial charge is 0.303 e. The molecule has 3 rings (SSSR count). The van der Waals surface area contributed by atoms with Crippen LogP contribution in [-0.2, 0) is 10.2 Å². The van der Waals surface area contributed by atoms with E-state index in [4.69, 9.17) is 5.11 Å². The van der Waals surface area contributed by atoms with Crippen molar-refractivity contribution in [2.75, 3.05) is 11.4 Å². The van der Waals surface area contributed by atoms with Gasteiger partial charge in [0.2, 0.25) is 0 Å². The molecule has 1 aliphatic rings. The summed E-state index contributed by atoms with van der Waals surface area (Å²) in [5.41, 5.74) is 4.63. The van der Waals surface area contributed by atoms with E-state index >= 15 is 0 Å². The minimum Gasteiger partial charge on any atom is -0.481 e. The Morgan fingerprint density at radius 3 is 2.50 bits per heavy atom. The second-order valence-corrected chi connectivity index (χ2v) is 7.66. The lowest BCUT2D eigenvalue weighted by Crippen LogP contribution is -2.27. The third-order valence-electron chi connectivity index (χ3n) is 5.28. The van der Waals surface area contributed by atoms with Crippen LogP contribution in [0.5, 0.6) is 0 Å². The van der Waals surface area contributed by atoms with Crippen molar-refractivity contribution in [3.05, 3.63) is 71.9 Å². The maximum absolute atomic E-state index is 10.7. The van der Waals surface area contributed by atoms with Gasteiger partial charge in [-0.25, -0.2) is 0 Å². The zero-order valence-corrected chi connectivity index (χ0v) is 16.6. The number of allylic oxidation sites excluding steroid dienone is 2. The highest BCUT2D eigenvalue weighted by atomic mass is 16.4. The van der Waals surface area contributed by atoms with E-state index in [-0.39, 0.29) is 11.8 Å². The molecular formula is C24H28N2O2. The number of para-hydroxylation sites is 2. The summed E-state index contributed by atoms with van der Waals surface area (Å²) in [6, 6.07) is 18.5. The van der Waals surface area contributed by atoms with Gasteiger partial charge in [0.15, 0.2) is 0 Å². The zero-order chi connectivity index (χ0) is 20.0. The summed E-state index contributed by atoms with van der Waals surface area (Å²) in [4.78, 5) is 17.7. The molecule has 1 N–H and O–H groups in total. The number of rotatable bonds is 8. The minimum atomic E-state index is -0.717. The Morgan fingerprint density at radius 2 is 1.75 bits per heavy atom. The minimum absolute atomic E-state index is 0.0969. The molecule has 0 aromatic heterocycles. The molecule has 0 atom stereocenters. The molecule has 1 aliphatic heterocycles. The van der Waals surface area contributed by atoms with Crippen LogP contribution in [0.15, 0.2) is 71.4 Å². The van der Waals surface area contributed by atoms with E-state index in [0.717, 1.165) is 31.5 Å². The number of unbranched alkanes of at least 4 members (excludes halogenated alkanes) is 2. The lowest BCUT2D eigenvalue weighted by Gasteiger charge is -2.27. The fourth-order valence-electron chi connectivity index (χ4n) is 3.81. The van der Waals surface area contributed by atoms with Crippen LogP contribution in [0.25, 0.3) is 0 Å². The predicted molar refractivity (Wildman–Crippen MR) is 116 cm³/mol. The molecule has 0 fully saturated rings. The second-order valence-electron chi connectivity index (χ2n) is 7.66. The van der Waals surface area contributed by atoms with Crippen LogP contribution in [0, 0.1) is 0 Å². The van der Waals surface area contributed by atoms with Gasteiger partial charge in [0.05, 0.1) is 5.69 Å². The van der Waals surface area contributed by atoms with Crippen molar-refractivity contribution in [3.8, 4) is 0 Å². The van der Waals surface area contributed by atoms with Crippen LogP contribution in [-0.4, -0.2) is 23.8 Å². The maximum atomic E-state index is 10.7. The molecule has 0 radical (unpaired) electrons. The topological polar surface area (TPSA) is 52.9 Å². The number of carboxylic acids is 1. The molecule has 2 aromatic rings. The van der Waals surface area contributed by atoms with Crippen molar-refractivity contribution in [3.63, 3.8) is 0 Å². The molecule has 0 saturated heterocycles. The van der Waals surface area contributed by atoms with Crippen molar-refractivity contribution in [1.29, 1.82) is 0 Å². The van der Waals surface area contributed by atoms with Gasteiger partial charge in [-0.2, -0.15) is 0 Å². The van der Waals surface area contributed by atoms with E-state index in [9.17, 15) is 4.79 Å². The van der Waals surface area contributed by atoms with Gasteiger partial charge < -0.3 is 10.0 Å². The summed E-state index contributed by atoms with van der Waals surface area (Å²) in [6.07, 6.45) is 6.85. The molecule has 0 amide bonds. The van der Waals surface area contributed by atoms with Crippen LogP contribution in [0.1, 0.15) is 45.1 Å². The second kappa shape index (κ2) is 8.87. The first-order valence-corrected chi connectivity index (χ1v) is 9.89. The third kappa shape index (κ3) is 4.50. The van der Waals surface area contributed by atoms with Crippen LogP contribution in [0.2, 0.25) is 0 Å². The SMILES string of the molecule is CC1(C)/C(=C\C=Nc2ccccc2)N(CCCCCC(=O)O)c2ccccc21. The van der Waals surface area contributed by atoms with Gasteiger partial charge in [-0.15, -0.1) is 0 Å². The lowest BCUT2D eigenvalue weighted by molar-refractivity contribution is -0.137. The average molecular weight is 377 g/mol. The first-order chi connectivity index (χ1) is 13.5. The van der Waals surface area contributed by atoms with Crippen molar-refractivity contribution in [2.45, 2.75) is 44.9 Å². The van der Waals surface area contributed by atoms with Gasteiger partial charge in [-0.05, 0) is 42.7 Å². The standard InChI is InChI=1S/C24H28N2O2/c1-24(2)20-13-8-9-14-21(20)26(18-10-4-7-15-23(27)28)22(24)16-17-25-19-11-5-3-6-12-19/h3,5-6,8-9,11-14,16-17H,4,7,10,15,18H2,1-2H3,(H,27,28)/b22-16+,25-17?. The number of fused-ring (bicyclic) bond motifs is 1. The predicted octanol–water partition coefficient (Wildman–Crippen LogP) is 5.72. The lowest BCUT2D eigenvalue weighted by atomic mass is 9.84. The van der Waals surface area contributed by atoms with Crippen LogP contribution in [0.4, 0.5) is 11.4 Å². The number of carbonyl (C=O) groups is 1. The molecule has 146 valence electrons. The highest BCUT2D eigenvalue weighted by molar-refractivity contribution is 5.81. The highest BCUT2D eigenvalue weighted by Crippen LogP contribution is 2.47. The van der Waals surface area contributed by atoms with E-state index in [1.54, 1.807) is 0 Å². The van der Waals surface area contributed by atoms with Crippen LogP contribution < -0.4 is 4.90 Å². The highest BCUT2D eigenvalue weighted by Gasteiger charge is 2.39. The van der Waals surface area contributed by atoms with Crippen molar-refractivity contribution in [2.24, 2.45) is 4.99 Å². The summed E-state index contributed by atoms with van der Waals surface area (Å²) in [6.45, 7) is 5.38. The monoisotopic (exact) mass is 376 g/mol. The first-order valence-electron chi connectivity index (χ1n) is 9.89. The fraction of sp³-hybridized carbons (Fsp3) is 0.333. The van der Waals surface area contributed by atoms with Crippen molar-refractivity contribution in [1.82, 2.24) is 0 Å². The van der Waals surface area contributed by atoms with Gasteiger partial charge in [-0.1, -0.05) is 56.7 Å². The maximum Gasteiger partial charge on any atom is 0.303 e. The molecule has 28 heavy (non-hydrogen) atoms. The molecule has 2 aromatic carbocycles. The molecule has 0 unspecified atom stereocenters. The number of anilines is 1. The number of aliphatic carboxylic acids is 1. The van der Waals surface area contributed by atoms with Gasteiger partial charge in [0.1, 0.15) is 0 Å². The summed E-state index contributed by atoms with van der Waals surface area (Å²) >= 11 is 0. The number of aliphatic imine (C=N–C) groups is 1. The Kier molecular flexibility index (Phi) is 6.30. The number of benzene rings is 2. The Bertz CT molecular complexity index is 869. The molecule has 0 spiro atoms. The van der Waals surface area contributed by atoms with Gasteiger partial charge in [0.25, 0.3) is 0 Å². The molecule has 0 saturated carbocycles. The normalized spacial score (nSPS) is 16.6. The summed E-state index contributed by atoms with van der Waals surface area (Å²) in [7, 11) is 0. The van der Waals surface area contributed by atoms with Crippen LogP contribution >= 0.6 is 0 Å². The van der Waals surface area contributed by atoms with Crippen LogP contribution in [0.3, 0.4) is 0 Å². The summed E-state index contributed by atoms with van der Waals surface area (Å²) < 4.78 is 0. The summed E-state index contributed by atoms with van der Waals surface area (Å²) in [5, 5.41) is 8.82. The molecule has 1 heterocycles. The molecule has 0 aliphatic carbocycles. The third-order valence-corrected chi connectivity index (χ3v) is 5.28. The first kappa shape index (κ1) is 19.9. The Morgan fingerprint density at radius 1 is 1.04 bits per heavy atom. The van der Waals surface area contributed by atoms with Gasteiger partial charge >= 0.3 is 5.97 Å². The van der Waals surface area contributed by atoms with Gasteiger partial charge in [-0.3, -0.25) is 9.79 Å². The number of hydrogen-bond donors (Lipinski definition) is 1. The Labute approximate surface area is 167 Å². The van der Waals surface area contributed by atoms with E-state index < -0.39 is 5.97 Å². The largest absolute Gasteiger partial charge is 0.481 e. The Balaban J connectivity index is 1.80. The summed E-state index contributed by atoms with van der Waals surface area (Å²) in [5.74, 6) is -0.717. The van der Waals surface area contributed by atoms with Gasteiger partial charge in [0, 0.05) is 36.0 Å². The number of carboxylic acid groups (broad SMARTS) is 1. The van der Waals surface area contributed by atoms with E-state index in [1.807, 2.05) is 36.5 Å². The number of nitrogens with zero attached hydrogens (tertiary/aromatic N) is 2. The van der Waals surface area contributed by atoms with Crippen molar-refractivity contribution >= 4 is 23.6 Å². The van der Waals surface area contributed by atoms with E-state index in [2.05, 4.69) is 54.1 Å². The number of hydrogen-bond acceptors (Lipinski definition) is 3. The molecular weight excluding hydrogens is 348 g/mol. The van der Waals surface area contributed by atoms with E-state index in [1.165, 1.54) is 16.9 Å². The van der Waals surface area contributed by atoms with E-state index in [0.29, 0.717) is 0 Å². The zero-order valence-electron chi connectivity index (χ0n) is 16.6. The molecule has 4 heteroatoms. The van der Waals surface area contributed by atoms with Crippen molar-refractivity contribution < 1.29 is 9.90 Å². The molecule has 0 bridgehead atoms. The fourth-order valence-corrected chi connectivity index (χ4v) is 3.81. The Hall–Kier alpha value is -2.88. The quantitative estimate of drug-likeness (QED) is 0.474.